The van der Waals surface area contributed by atoms with E-state index in [1.165, 1.54) is 43.4 Å². The summed E-state index contributed by atoms with van der Waals surface area (Å²) in [6, 6.07) is 4.41. The van der Waals surface area contributed by atoms with E-state index in [0.717, 1.165) is 32.0 Å². The van der Waals surface area contributed by atoms with Gasteiger partial charge in [-0.1, -0.05) is 6.42 Å². The van der Waals surface area contributed by atoms with Gasteiger partial charge in [0, 0.05) is 39.1 Å². The number of pyridine rings is 1. The van der Waals surface area contributed by atoms with E-state index in [-0.39, 0.29) is 5.91 Å². The maximum Gasteiger partial charge on any atom is 0.264 e. The highest BCUT2D eigenvalue weighted by atomic mass is 32.1. The second-order valence-corrected chi connectivity index (χ2v) is 9.98. The number of carbonyl (C=O) groups excluding carboxylic acids is 1. The number of rotatable bonds is 5. The zero-order chi connectivity index (χ0) is 20.9. The molecule has 1 spiro atoms. The first-order chi connectivity index (χ1) is 14.5. The molecule has 1 amide bonds. The number of amides is 1. The number of anilines is 1. The van der Waals surface area contributed by atoms with Gasteiger partial charge >= 0.3 is 0 Å². The summed E-state index contributed by atoms with van der Waals surface area (Å²) in [7, 11) is 3.99. The molecule has 5 rings (SSSR count). The summed E-state index contributed by atoms with van der Waals surface area (Å²) in [6.45, 7) is 2.58. The van der Waals surface area contributed by atoms with Crippen LogP contribution in [-0.4, -0.2) is 45.9 Å². The number of nitrogens with zero attached hydrogens (tertiary/aromatic N) is 5. The van der Waals surface area contributed by atoms with Crippen LogP contribution in [0.2, 0.25) is 0 Å². The fraction of sp³-hybridized carbons (Fsp3) is 0.478. The molecule has 0 radical (unpaired) electrons. The third-order valence-electron chi connectivity index (χ3n) is 7.05. The molecule has 0 aromatic carbocycles. The van der Waals surface area contributed by atoms with Gasteiger partial charge in [-0.2, -0.15) is 0 Å². The van der Waals surface area contributed by atoms with Gasteiger partial charge in [0.05, 0.1) is 10.3 Å². The lowest BCUT2D eigenvalue weighted by molar-refractivity contribution is 0.0103. The molecule has 3 aromatic rings. The van der Waals surface area contributed by atoms with Gasteiger partial charge in [-0.15, -0.1) is 11.3 Å². The number of hydrogen-bond donors (Lipinski definition) is 0. The topological polar surface area (TPSA) is 62.2 Å². The SMILES string of the molecule is Cc1c(C(=O)N(C)Cc2ccncc2)sc2ncnc(N(C)C3CC4(CCC4)C3)c12. The Balaban J connectivity index is 1.41. The van der Waals surface area contributed by atoms with E-state index in [4.69, 9.17) is 0 Å². The summed E-state index contributed by atoms with van der Waals surface area (Å²) in [4.78, 5) is 32.1. The van der Waals surface area contributed by atoms with Crippen LogP contribution in [0.15, 0.2) is 30.9 Å². The quantitative estimate of drug-likeness (QED) is 0.610. The van der Waals surface area contributed by atoms with E-state index >= 15 is 0 Å². The van der Waals surface area contributed by atoms with E-state index in [0.29, 0.717) is 18.0 Å². The van der Waals surface area contributed by atoms with E-state index in [2.05, 4.69) is 26.9 Å². The van der Waals surface area contributed by atoms with Crippen LogP contribution in [0.1, 0.15) is 52.9 Å². The van der Waals surface area contributed by atoms with Crippen LogP contribution in [0.3, 0.4) is 0 Å². The maximum atomic E-state index is 13.2. The summed E-state index contributed by atoms with van der Waals surface area (Å²) in [5.74, 6) is 0.988. The van der Waals surface area contributed by atoms with E-state index < -0.39 is 0 Å². The smallest absolute Gasteiger partial charge is 0.264 e. The van der Waals surface area contributed by atoms with Gasteiger partial charge in [0.15, 0.2) is 0 Å². The molecule has 3 heterocycles. The average Bonchev–Trinajstić information content (AvgIpc) is 3.02. The van der Waals surface area contributed by atoms with Gasteiger partial charge in [-0.3, -0.25) is 9.78 Å². The minimum atomic E-state index is 0.0259. The molecule has 2 aliphatic carbocycles. The van der Waals surface area contributed by atoms with Gasteiger partial charge in [-0.05, 0) is 61.3 Å². The number of fused-ring (bicyclic) bond motifs is 1. The van der Waals surface area contributed by atoms with Crippen molar-refractivity contribution in [3.8, 4) is 0 Å². The first kappa shape index (κ1) is 19.4. The van der Waals surface area contributed by atoms with Crippen molar-refractivity contribution in [3.05, 3.63) is 46.9 Å². The molecule has 30 heavy (non-hydrogen) atoms. The van der Waals surface area contributed by atoms with Crippen LogP contribution in [0.4, 0.5) is 5.82 Å². The molecule has 0 aliphatic heterocycles. The summed E-state index contributed by atoms with van der Waals surface area (Å²) >= 11 is 1.47. The predicted molar refractivity (Wildman–Crippen MR) is 120 cm³/mol. The van der Waals surface area contributed by atoms with Crippen molar-refractivity contribution in [2.45, 2.75) is 51.6 Å². The molecule has 2 aliphatic rings. The van der Waals surface area contributed by atoms with Gasteiger partial charge in [-0.25, -0.2) is 9.97 Å². The Kier molecular flexibility index (Phi) is 4.73. The van der Waals surface area contributed by atoms with Gasteiger partial charge in [0.1, 0.15) is 17.0 Å². The Morgan fingerprint density at radius 2 is 1.93 bits per heavy atom. The number of aryl methyl sites for hydroxylation is 1. The lowest BCUT2D eigenvalue weighted by Crippen LogP contribution is -2.53. The van der Waals surface area contributed by atoms with Crippen LogP contribution in [0, 0.1) is 12.3 Å². The first-order valence-electron chi connectivity index (χ1n) is 10.6. The number of aromatic nitrogens is 3. The maximum absolute atomic E-state index is 13.2. The molecule has 2 fully saturated rings. The van der Waals surface area contributed by atoms with Crippen molar-refractivity contribution in [2.75, 3.05) is 19.0 Å². The largest absolute Gasteiger partial charge is 0.356 e. The second kappa shape index (κ2) is 7.30. The molecule has 6 nitrogen and oxygen atoms in total. The van der Waals surface area contributed by atoms with E-state index in [1.807, 2.05) is 26.1 Å². The molecule has 0 N–H and O–H groups in total. The molecule has 2 saturated carbocycles. The minimum absolute atomic E-state index is 0.0259. The fourth-order valence-electron chi connectivity index (χ4n) is 5.00. The molecular weight excluding hydrogens is 394 g/mol. The Labute approximate surface area is 181 Å². The molecule has 0 bridgehead atoms. The van der Waals surface area contributed by atoms with Crippen molar-refractivity contribution >= 4 is 33.3 Å². The minimum Gasteiger partial charge on any atom is -0.356 e. The van der Waals surface area contributed by atoms with Crippen LogP contribution >= 0.6 is 11.3 Å². The van der Waals surface area contributed by atoms with Crippen LogP contribution in [0.25, 0.3) is 10.2 Å². The molecule has 7 heteroatoms. The number of carbonyl (C=O) groups is 1. The van der Waals surface area contributed by atoms with Crippen molar-refractivity contribution in [2.24, 2.45) is 5.41 Å². The zero-order valence-corrected chi connectivity index (χ0v) is 18.6. The van der Waals surface area contributed by atoms with Gasteiger partial charge in [0.25, 0.3) is 5.91 Å². The second-order valence-electron chi connectivity index (χ2n) is 8.98. The van der Waals surface area contributed by atoms with Crippen LogP contribution < -0.4 is 4.90 Å². The Bertz CT molecular complexity index is 1080. The molecule has 0 unspecified atom stereocenters. The Hall–Kier alpha value is -2.54. The average molecular weight is 422 g/mol. The van der Waals surface area contributed by atoms with Crippen molar-refractivity contribution in [1.82, 2.24) is 19.9 Å². The highest BCUT2D eigenvalue weighted by Gasteiger charge is 2.49. The first-order valence-corrected chi connectivity index (χ1v) is 11.4. The summed E-state index contributed by atoms with van der Waals surface area (Å²) in [5.41, 5.74) is 2.67. The standard InChI is InChI=1S/C23H27N5OS/c1-15-18-20(28(3)17-11-23(12-17)7-4-8-23)25-14-26-21(18)30-19(15)22(29)27(2)13-16-5-9-24-10-6-16/h5-6,9-10,14,17H,4,7-8,11-13H2,1-3H3. The fourth-order valence-corrected chi connectivity index (χ4v) is 6.14. The zero-order valence-electron chi connectivity index (χ0n) is 17.8. The summed E-state index contributed by atoms with van der Waals surface area (Å²) < 4.78 is 0. The highest BCUT2D eigenvalue weighted by molar-refractivity contribution is 7.20. The summed E-state index contributed by atoms with van der Waals surface area (Å²) in [6.07, 6.45) is 11.8. The Morgan fingerprint density at radius 1 is 1.20 bits per heavy atom. The van der Waals surface area contributed by atoms with Crippen molar-refractivity contribution < 1.29 is 4.79 Å². The highest BCUT2D eigenvalue weighted by Crippen LogP contribution is 2.57. The normalized spacial score (nSPS) is 17.6. The summed E-state index contributed by atoms with van der Waals surface area (Å²) in [5, 5.41) is 1.03. The molecule has 3 aromatic heterocycles. The molecular formula is C23H27N5OS. The lowest BCUT2D eigenvalue weighted by Gasteiger charge is -2.56. The number of thiophene rings is 1. The molecule has 156 valence electrons. The monoisotopic (exact) mass is 421 g/mol. The van der Waals surface area contributed by atoms with E-state index in [1.54, 1.807) is 23.6 Å². The lowest BCUT2D eigenvalue weighted by atomic mass is 9.54. The van der Waals surface area contributed by atoms with Crippen LogP contribution in [0.5, 0.6) is 0 Å². The van der Waals surface area contributed by atoms with Gasteiger partial charge in [0.2, 0.25) is 0 Å². The van der Waals surface area contributed by atoms with Crippen molar-refractivity contribution in [3.63, 3.8) is 0 Å². The van der Waals surface area contributed by atoms with Gasteiger partial charge < -0.3 is 9.80 Å². The molecule has 0 saturated heterocycles. The predicted octanol–water partition coefficient (Wildman–Crippen LogP) is 4.44. The Morgan fingerprint density at radius 3 is 2.60 bits per heavy atom. The van der Waals surface area contributed by atoms with Crippen LogP contribution in [-0.2, 0) is 6.54 Å². The third-order valence-corrected chi connectivity index (χ3v) is 8.24. The molecule has 0 atom stereocenters. The third kappa shape index (κ3) is 3.16. The number of hydrogen-bond acceptors (Lipinski definition) is 6. The van der Waals surface area contributed by atoms with Crippen molar-refractivity contribution in [1.29, 1.82) is 0 Å². The van der Waals surface area contributed by atoms with E-state index in [9.17, 15) is 4.79 Å².